The second-order valence-electron chi connectivity index (χ2n) is 3.44. The zero-order chi connectivity index (χ0) is 11.4. The second-order valence-corrected chi connectivity index (χ2v) is 3.88. The number of rotatable bonds is 3. The number of carbonyl (C=O) groups is 1. The molecule has 0 heterocycles. The van der Waals surface area contributed by atoms with E-state index in [1.165, 1.54) is 7.11 Å². The molecule has 1 rings (SSSR count). The van der Waals surface area contributed by atoms with Crippen molar-refractivity contribution in [2.75, 3.05) is 21.2 Å². The summed E-state index contributed by atoms with van der Waals surface area (Å²) in [5, 5.41) is 0.614. The largest absolute Gasteiger partial charge is 0.468 e. The average Bonchev–Trinajstić information content (AvgIpc) is 2.17. The molecule has 0 amide bonds. The minimum Gasteiger partial charge on any atom is -0.468 e. The van der Waals surface area contributed by atoms with Crippen molar-refractivity contribution in [2.45, 2.75) is 6.04 Å². The maximum absolute atomic E-state index is 11.6. The Morgan fingerprint density at radius 1 is 1.47 bits per heavy atom. The maximum Gasteiger partial charge on any atom is 0.327 e. The fourth-order valence-corrected chi connectivity index (χ4v) is 1.63. The fraction of sp³-hybridized carbons (Fsp3) is 0.364. The molecule has 15 heavy (non-hydrogen) atoms. The number of esters is 1. The molecule has 0 fully saturated rings. The number of ether oxygens (including phenoxy) is 1. The summed E-state index contributed by atoms with van der Waals surface area (Å²) in [4.78, 5) is 13.3. The third kappa shape index (κ3) is 2.94. The van der Waals surface area contributed by atoms with Crippen molar-refractivity contribution in [3.63, 3.8) is 0 Å². The van der Waals surface area contributed by atoms with Gasteiger partial charge in [-0.1, -0.05) is 23.7 Å². The quantitative estimate of drug-likeness (QED) is 0.741. The molecular weight excluding hydrogens is 214 g/mol. The molecule has 0 bridgehead atoms. The summed E-state index contributed by atoms with van der Waals surface area (Å²) < 4.78 is 4.74. The van der Waals surface area contributed by atoms with Crippen molar-refractivity contribution < 1.29 is 9.53 Å². The first-order chi connectivity index (χ1) is 7.06. The Labute approximate surface area is 94.6 Å². The highest BCUT2D eigenvalue weighted by Gasteiger charge is 2.23. The molecule has 1 aromatic rings. The highest BCUT2D eigenvalue weighted by Crippen LogP contribution is 2.22. The van der Waals surface area contributed by atoms with Crippen LogP contribution in [0.5, 0.6) is 0 Å². The van der Waals surface area contributed by atoms with Crippen LogP contribution in [0.2, 0.25) is 5.02 Å². The summed E-state index contributed by atoms with van der Waals surface area (Å²) in [5.41, 5.74) is 0.833. The normalized spacial score (nSPS) is 12.6. The van der Waals surface area contributed by atoms with Gasteiger partial charge in [0, 0.05) is 5.02 Å². The van der Waals surface area contributed by atoms with Gasteiger partial charge >= 0.3 is 5.97 Å². The highest BCUT2D eigenvalue weighted by atomic mass is 35.5. The lowest BCUT2D eigenvalue weighted by Gasteiger charge is -2.22. The van der Waals surface area contributed by atoms with Crippen LogP contribution in [-0.2, 0) is 9.53 Å². The van der Waals surface area contributed by atoms with Crippen LogP contribution in [0.25, 0.3) is 0 Å². The van der Waals surface area contributed by atoms with Gasteiger partial charge in [0.25, 0.3) is 0 Å². The lowest BCUT2D eigenvalue weighted by atomic mass is 10.1. The van der Waals surface area contributed by atoms with Crippen LogP contribution in [-0.4, -0.2) is 32.1 Å². The molecule has 0 N–H and O–H groups in total. The molecule has 0 aliphatic rings. The SMILES string of the molecule is COC(=O)C(c1cccc(Cl)c1)N(C)C. The van der Waals surface area contributed by atoms with Crippen LogP contribution in [0.15, 0.2) is 24.3 Å². The number of methoxy groups -OCH3 is 1. The standard InChI is InChI=1S/C11H14ClNO2/c1-13(2)10(11(14)15-3)8-5-4-6-9(12)7-8/h4-7,10H,1-3H3. The van der Waals surface area contributed by atoms with E-state index in [4.69, 9.17) is 16.3 Å². The third-order valence-corrected chi connectivity index (χ3v) is 2.34. The van der Waals surface area contributed by atoms with E-state index in [9.17, 15) is 4.79 Å². The predicted octanol–water partition coefficient (Wildman–Crippen LogP) is 2.12. The minimum atomic E-state index is -0.409. The topological polar surface area (TPSA) is 29.5 Å². The molecule has 1 atom stereocenters. The van der Waals surface area contributed by atoms with Crippen LogP contribution < -0.4 is 0 Å². The van der Waals surface area contributed by atoms with Gasteiger partial charge in [-0.2, -0.15) is 0 Å². The van der Waals surface area contributed by atoms with Gasteiger partial charge in [-0.15, -0.1) is 0 Å². The number of hydrogen-bond donors (Lipinski definition) is 0. The molecule has 82 valence electrons. The van der Waals surface area contributed by atoms with E-state index < -0.39 is 6.04 Å². The molecule has 3 nitrogen and oxygen atoms in total. The number of nitrogens with zero attached hydrogens (tertiary/aromatic N) is 1. The van der Waals surface area contributed by atoms with E-state index in [-0.39, 0.29) is 5.97 Å². The summed E-state index contributed by atoms with van der Waals surface area (Å²) in [7, 11) is 5.02. The first-order valence-electron chi connectivity index (χ1n) is 4.56. The van der Waals surface area contributed by atoms with Gasteiger partial charge in [0.05, 0.1) is 7.11 Å². The van der Waals surface area contributed by atoms with Crippen molar-refractivity contribution in [3.05, 3.63) is 34.9 Å². The molecular formula is C11H14ClNO2. The van der Waals surface area contributed by atoms with E-state index in [0.29, 0.717) is 5.02 Å². The Morgan fingerprint density at radius 3 is 2.60 bits per heavy atom. The lowest BCUT2D eigenvalue weighted by Crippen LogP contribution is -2.28. The molecule has 4 heteroatoms. The van der Waals surface area contributed by atoms with Gasteiger partial charge in [0.2, 0.25) is 0 Å². The van der Waals surface area contributed by atoms with Crippen LogP contribution in [0.4, 0.5) is 0 Å². The van der Waals surface area contributed by atoms with Gasteiger partial charge < -0.3 is 4.74 Å². The van der Waals surface area contributed by atoms with E-state index in [1.54, 1.807) is 17.0 Å². The number of likely N-dealkylation sites (N-methyl/N-ethyl adjacent to an activating group) is 1. The Morgan fingerprint density at radius 2 is 2.13 bits per heavy atom. The predicted molar refractivity (Wildman–Crippen MR) is 59.9 cm³/mol. The molecule has 0 saturated carbocycles. The summed E-state index contributed by atoms with van der Waals surface area (Å²) in [6.07, 6.45) is 0. The molecule has 0 aliphatic heterocycles. The van der Waals surface area contributed by atoms with Crippen LogP contribution in [0.3, 0.4) is 0 Å². The first kappa shape index (κ1) is 12.0. The van der Waals surface area contributed by atoms with Crippen molar-refractivity contribution in [3.8, 4) is 0 Å². The van der Waals surface area contributed by atoms with Crippen LogP contribution >= 0.6 is 11.6 Å². The Bertz CT molecular complexity index is 352. The molecule has 1 unspecified atom stereocenters. The molecule has 0 radical (unpaired) electrons. The van der Waals surface area contributed by atoms with E-state index in [0.717, 1.165) is 5.56 Å². The summed E-state index contributed by atoms with van der Waals surface area (Å²) in [6, 6.07) is 6.80. The summed E-state index contributed by atoms with van der Waals surface area (Å²) >= 11 is 5.87. The minimum absolute atomic E-state index is 0.290. The number of hydrogen-bond acceptors (Lipinski definition) is 3. The Balaban J connectivity index is 3.04. The van der Waals surface area contributed by atoms with Crippen molar-refractivity contribution in [1.29, 1.82) is 0 Å². The van der Waals surface area contributed by atoms with Crippen LogP contribution in [0.1, 0.15) is 11.6 Å². The van der Waals surface area contributed by atoms with Gasteiger partial charge in [-0.05, 0) is 31.8 Å². The Kier molecular flexibility index (Phi) is 4.12. The van der Waals surface area contributed by atoms with E-state index >= 15 is 0 Å². The average molecular weight is 228 g/mol. The van der Waals surface area contributed by atoms with Crippen molar-refractivity contribution in [2.24, 2.45) is 0 Å². The molecule has 0 aliphatic carbocycles. The number of halogens is 1. The molecule has 0 spiro atoms. The lowest BCUT2D eigenvalue weighted by molar-refractivity contribution is -0.146. The maximum atomic E-state index is 11.6. The Hall–Kier alpha value is -1.06. The third-order valence-electron chi connectivity index (χ3n) is 2.11. The van der Waals surface area contributed by atoms with Gasteiger partial charge in [-0.3, -0.25) is 4.90 Å². The van der Waals surface area contributed by atoms with Gasteiger partial charge in [-0.25, -0.2) is 4.79 Å². The fourth-order valence-electron chi connectivity index (χ4n) is 1.43. The summed E-state index contributed by atoms with van der Waals surface area (Å²) in [5.74, 6) is -0.290. The molecule has 0 aromatic heterocycles. The van der Waals surface area contributed by atoms with Crippen LogP contribution in [0, 0.1) is 0 Å². The van der Waals surface area contributed by atoms with Crippen molar-refractivity contribution in [1.82, 2.24) is 4.90 Å². The first-order valence-corrected chi connectivity index (χ1v) is 4.93. The molecule has 1 aromatic carbocycles. The van der Waals surface area contributed by atoms with E-state index in [1.807, 2.05) is 26.2 Å². The number of carbonyl (C=O) groups excluding carboxylic acids is 1. The van der Waals surface area contributed by atoms with Gasteiger partial charge in [0.15, 0.2) is 0 Å². The summed E-state index contributed by atoms with van der Waals surface area (Å²) in [6.45, 7) is 0. The monoisotopic (exact) mass is 227 g/mol. The second kappa shape index (κ2) is 5.14. The van der Waals surface area contributed by atoms with Gasteiger partial charge in [0.1, 0.15) is 6.04 Å². The number of benzene rings is 1. The highest BCUT2D eigenvalue weighted by molar-refractivity contribution is 6.30. The smallest absolute Gasteiger partial charge is 0.327 e. The molecule has 0 saturated heterocycles. The van der Waals surface area contributed by atoms with E-state index in [2.05, 4.69) is 0 Å². The van der Waals surface area contributed by atoms with Crippen molar-refractivity contribution >= 4 is 17.6 Å². The zero-order valence-electron chi connectivity index (χ0n) is 9.03. The zero-order valence-corrected chi connectivity index (χ0v) is 9.78.